The van der Waals surface area contributed by atoms with Crippen molar-refractivity contribution in [2.24, 2.45) is 0 Å². The Bertz CT molecular complexity index is 680. The molecule has 2 aromatic rings. The molecular formula is C14H8F4O3. The Morgan fingerprint density at radius 3 is 2.38 bits per heavy atom. The van der Waals surface area contributed by atoms with Crippen molar-refractivity contribution in [3.05, 3.63) is 59.4 Å². The van der Waals surface area contributed by atoms with E-state index < -0.39 is 34.8 Å². The Morgan fingerprint density at radius 1 is 1.10 bits per heavy atom. The van der Waals surface area contributed by atoms with Crippen molar-refractivity contribution in [3.63, 3.8) is 0 Å². The topological polar surface area (TPSA) is 46.5 Å². The van der Waals surface area contributed by atoms with Crippen LogP contribution >= 0.6 is 0 Å². The van der Waals surface area contributed by atoms with Crippen LogP contribution in [0.25, 0.3) is 0 Å². The van der Waals surface area contributed by atoms with E-state index in [9.17, 15) is 22.4 Å². The molecule has 0 aromatic heterocycles. The number of rotatable bonds is 3. The Kier molecular flexibility index (Phi) is 3.84. The molecule has 0 saturated carbocycles. The molecular weight excluding hydrogens is 292 g/mol. The first kappa shape index (κ1) is 14.8. The lowest BCUT2D eigenvalue weighted by atomic mass is 10.1. The largest absolute Gasteiger partial charge is 0.478 e. The molecule has 110 valence electrons. The number of aromatic carboxylic acids is 1. The molecule has 2 aromatic carbocycles. The van der Waals surface area contributed by atoms with Crippen LogP contribution in [0.2, 0.25) is 0 Å². The highest BCUT2D eigenvalue weighted by molar-refractivity contribution is 5.88. The molecule has 7 heteroatoms. The predicted molar refractivity (Wildman–Crippen MR) is 64.9 cm³/mol. The number of carboxylic acids is 1. The van der Waals surface area contributed by atoms with Gasteiger partial charge in [0.1, 0.15) is 17.3 Å². The first-order chi connectivity index (χ1) is 9.77. The second-order valence-electron chi connectivity index (χ2n) is 4.07. The molecule has 0 heterocycles. The molecule has 0 aliphatic carbocycles. The molecule has 2 rings (SSSR count). The van der Waals surface area contributed by atoms with Crippen LogP contribution in [0, 0.1) is 5.82 Å². The van der Waals surface area contributed by atoms with Gasteiger partial charge in [-0.15, -0.1) is 0 Å². The summed E-state index contributed by atoms with van der Waals surface area (Å²) in [6.45, 7) is 0. The van der Waals surface area contributed by atoms with Crippen molar-refractivity contribution in [2.45, 2.75) is 6.18 Å². The SMILES string of the molecule is O=C(O)c1ccc(Oc2cccc(F)c2)c(C(F)(F)F)c1. The second kappa shape index (κ2) is 5.43. The van der Waals surface area contributed by atoms with E-state index in [-0.39, 0.29) is 5.75 Å². The minimum Gasteiger partial charge on any atom is -0.478 e. The Hall–Kier alpha value is -2.57. The van der Waals surface area contributed by atoms with Gasteiger partial charge in [-0.2, -0.15) is 13.2 Å². The van der Waals surface area contributed by atoms with E-state index in [2.05, 4.69) is 0 Å². The molecule has 0 amide bonds. The van der Waals surface area contributed by atoms with Gasteiger partial charge in [-0.1, -0.05) is 6.07 Å². The quantitative estimate of drug-likeness (QED) is 0.858. The van der Waals surface area contributed by atoms with Gasteiger partial charge in [-0.3, -0.25) is 0 Å². The van der Waals surface area contributed by atoms with Gasteiger partial charge in [-0.25, -0.2) is 9.18 Å². The van der Waals surface area contributed by atoms with E-state index in [4.69, 9.17) is 9.84 Å². The van der Waals surface area contributed by atoms with Gasteiger partial charge in [-0.05, 0) is 30.3 Å². The third-order valence-electron chi connectivity index (χ3n) is 2.56. The predicted octanol–water partition coefficient (Wildman–Crippen LogP) is 4.34. The van der Waals surface area contributed by atoms with E-state index >= 15 is 0 Å². The van der Waals surface area contributed by atoms with Gasteiger partial charge in [0.2, 0.25) is 0 Å². The molecule has 0 aliphatic heterocycles. The number of benzene rings is 2. The number of hydrogen-bond acceptors (Lipinski definition) is 2. The average Bonchev–Trinajstić information content (AvgIpc) is 2.37. The highest BCUT2D eigenvalue weighted by atomic mass is 19.4. The molecule has 1 N–H and O–H groups in total. The van der Waals surface area contributed by atoms with Gasteiger partial charge >= 0.3 is 12.1 Å². The first-order valence-corrected chi connectivity index (χ1v) is 5.65. The van der Waals surface area contributed by atoms with Crippen molar-refractivity contribution in [3.8, 4) is 11.5 Å². The zero-order valence-electron chi connectivity index (χ0n) is 10.3. The summed E-state index contributed by atoms with van der Waals surface area (Å²) in [6, 6.07) is 6.94. The number of carboxylic acid groups (broad SMARTS) is 1. The third kappa shape index (κ3) is 3.50. The normalized spacial score (nSPS) is 11.2. The number of carbonyl (C=O) groups is 1. The third-order valence-corrected chi connectivity index (χ3v) is 2.56. The summed E-state index contributed by atoms with van der Waals surface area (Å²) < 4.78 is 56.8. The standard InChI is InChI=1S/C14H8F4O3/c15-9-2-1-3-10(7-9)21-12-5-4-8(13(19)20)6-11(12)14(16,17)18/h1-7H,(H,19,20). The fourth-order valence-electron chi connectivity index (χ4n) is 1.63. The lowest BCUT2D eigenvalue weighted by Crippen LogP contribution is -2.09. The van der Waals surface area contributed by atoms with Crippen LogP contribution < -0.4 is 4.74 Å². The molecule has 0 unspecified atom stereocenters. The van der Waals surface area contributed by atoms with Gasteiger partial charge in [0.15, 0.2) is 0 Å². The lowest BCUT2D eigenvalue weighted by molar-refractivity contribution is -0.138. The minimum atomic E-state index is -4.80. The van der Waals surface area contributed by atoms with Crippen molar-refractivity contribution < 1.29 is 32.2 Å². The zero-order chi connectivity index (χ0) is 15.6. The molecule has 0 saturated heterocycles. The monoisotopic (exact) mass is 300 g/mol. The molecule has 0 atom stereocenters. The van der Waals surface area contributed by atoms with Crippen LogP contribution in [-0.4, -0.2) is 11.1 Å². The molecule has 0 bridgehead atoms. The molecule has 0 fully saturated rings. The van der Waals surface area contributed by atoms with Gasteiger partial charge in [0.25, 0.3) is 0 Å². The molecule has 21 heavy (non-hydrogen) atoms. The van der Waals surface area contributed by atoms with E-state index in [0.29, 0.717) is 6.07 Å². The lowest BCUT2D eigenvalue weighted by Gasteiger charge is -2.14. The summed E-state index contributed by atoms with van der Waals surface area (Å²) in [5.41, 5.74) is -1.76. The van der Waals surface area contributed by atoms with Crippen molar-refractivity contribution in [1.29, 1.82) is 0 Å². The minimum absolute atomic E-state index is 0.122. The second-order valence-corrected chi connectivity index (χ2v) is 4.07. The molecule has 0 spiro atoms. The molecule has 0 radical (unpaired) electrons. The van der Waals surface area contributed by atoms with Crippen molar-refractivity contribution >= 4 is 5.97 Å². The van der Waals surface area contributed by atoms with E-state index in [1.807, 2.05) is 0 Å². The van der Waals surface area contributed by atoms with Crippen LogP contribution in [-0.2, 0) is 6.18 Å². The average molecular weight is 300 g/mol. The number of alkyl halides is 3. The first-order valence-electron chi connectivity index (χ1n) is 5.65. The smallest absolute Gasteiger partial charge is 0.420 e. The van der Waals surface area contributed by atoms with Crippen LogP contribution in [0.3, 0.4) is 0 Å². The van der Waals surface area contributed by atoms with Crippen molar-refractivity contribution in [1.82, 2.24) is 0 Å². The maximum atomic E-state index is 13.0. The van der Waals surface area contributed by atoms with Crippen molar-refractivity contribution in [2.75, 3.05) is 0 Å². The van der Waals surface area contributed by atoms with E-state index in [1.165, 1.54) is 12.1 Å². The fourth-order valence-corrected chi connectivity index (χ4v) is 1.63. The highest BCUT2D eigenvalue weighted by Crippen LogP contribution is 2.38. The van der Waals surface area contributed by atoms with Crippen LogP contribution in [0.4, 0.5) is 17.6 Å². The summed E-state index contributed by atoms with van der Waals surface area (Å²) in [5, 5.41) is 8.73. The summed E-state index contributed by atoms with van der Waals surface area (Å²) in [6.07, 6.45) is -4.80. The maximum Gasteiger partial charge on any atom is 0.420 e. The highest BCUT2D eigenvalue weighted by Gasteiger charge is 2.35. The summed E-state index contributed by atoms with van der Waals surface area (Å²) in [4.78, 5) is 10.7. The fraction of sp³-hybridized carbons (Fsp3) is 0.0714. The van der Waals surface area contributed by atoms with E-state index in [0.717, 1.165) is 24.3 Å². The van der Waals surface area contributed by atoms with Crippen LogP contribution in [0.5, 0.6) is 11.5 Å². The van der Waals surface area contributed by atoms with Crippen LogP contribution in [0.15, 0.2) is 42.5 Å². The summed E-state index contributed by atoms with van der Waals surface area (Å²) >= 11 is 0. The summed E-state index contributed by atoms with van der Waals surface area (Å²) in [5.74, 6) is -2.87. The molecule has 3 nitrogen and oxygen atoms in total. The Morgan fingerprint density at radius 2 is 1.81 bits per heavy atom. The Labute approximate surface area is 116 Å². The van der Waals surface area contributed by atoms with E-state index in [1.54, 1.807) is 0 Å². The van der Waals surface area contributed by atoms with Gasteiger partial charge in [0, 0.05) is 6.07 Å². The number of ether oxygens (including phenoxy) is 1. The van der Waals surface area contributed by atoms with Gasteiger partial charge < -0.3 is 9.84 Å². The van der Waals surface area contributed by atoms with Crippen LogP contribution in [0.1, 0.15) is 15.9 Å². The summed E-state index contributed by atoms with van der Waals surface area (Å²) in [7, 11) is 0. The number of hydrogen-bond donors (Lipinski definition) is 1. The zero-order valence-corrected chi connectivity index (χ0v) is 10.3. The van der Waals surface area contributed by atoms with Gasteiger partial charge in [0.05, 0.1) is 11.1 Å². The maximum absolute atomic E-state index is 13.0. The molecule has 0 aliphatic rings. The number of halogens is 4. The Balaban J connectivity index is 2.45.